The zero-order chi connectivity index (χ0) is 40.2. The average Bonchev–Trinajstić information content (AvgIpc) is 3.61. The largest absolute Gasteiger partial charge is 0.524 e. The normalized spacial score (nSPS) is 14.7. The Morgan fingerprint density at radius 1 is 1.02 bits per heavy atom. The number of carbonyl (C=O) groups excluding carboxylic acids is 5. The van der Waals surface area contributed by atoms with Crippen LogP contribution in [-0.2, 0) is 38.2 Å². The number of aryl methyl sites for hydroxylation is 1. The van der Waals surface area contributed by atoms with Gasteiger partial charge in [-0.3, -0.25) is 14.4 Å². The minimum Gasteiger partial charge on any atom is -0.524 e. The van der Waals surface area contributed by atoms with E-state index >= 15 is 0 Å². The summed E-state index contributed by atoms with van der Waals surface area (Å²) in [5.41, 5.74) is 1.32. The molecule has 1 aliphatic rings. The van der Waals surface area contributed by atoms with Gasteiger partial charge in [0.05, 0.1) is 31.8 Å². The number of likely N-dealkylation sites (tertiary alicyclic amines) is 1. The van der Waals surface area contributed by atoms with Gasteiger partial charge in [-0.1, -0.05) is 104 Å². The average molecular weight is 983 g/mol. The second kappa shape index (κ2) is 39.4. The van der Waals surface area contributed by atoms with E-state index in [4.69, 9.17) is 14.3 Å². The zero-order valence-electron chi connectivity index (χ0n) is 34.6. The topological polar surface area (TPSA) is 144 Å². The van der Waals surface area contributed by atoms with E-state index in [0.29, 0.717) is 31.0 Å². The van der Waals surface area contributed by atoms with Gasteiger partial charge in [0.1, 0.15) is 12.8 Å². The molecule has 0 radical (unpaired) electrons. The molecule has 13 heteroatoms. The van der Waals surface area contributed by atoms with Crippen LogP contribution < -0.4 is 10.6 Å². The molecular weight excluding hydrogens is 909 g/mol. The van der Waals surface area contributed by atoms with E-state index in [1.807, 2.05) is 42.3 Å². The SMILES string of the molecule is CC.CCC.CCC(C)C(C(CC(=O)N1CCCC1C(OC)C(C)C)OC)N(C)C.COC(=O)CNC=O.Cc1ccccc1.O=[C-]NCC=O.[Fm]. The first kappa shape index (κ1) is 57.0. The van der Waals surface area contributed by atoms with E-state index in [9.17, 15) is 19.2 Å². The molecule has 310 valence electrons. The maximum atomic E-state index is 13.1. The molecule has 0 aliphatic carbocycles. The summed E-state index contributed by atoms with van der Waals surface area (Å²) >= 11 is 0. The molecular formula is C39H73FmN4O8-. The van der Waals surface area contributed by atoms with E-state index < -0.39 is 5.97 Å². The number of ether oxygens (including phenoxy) is 3. The van der Waals surface area contributed by atoms with Gasteiger partial charge < -0.3 is 44.2 Å². The predicted molar refractivity (Wildman–Crippen MR) is 207 cm³/mol. The number of methoxy groups -OCH3 is 3. The molecule has 0 bridgehead atoms. The number of hydrogen-bond donors (Lipinski definition) is 2. The van der Waals surface area contributed by atoms with Crippen molar-refractivity contribution in [3.63, 3.8) is 0 Å². The Balaban J connectivity index is -0.000000221. The van der Waals surface area contributed by atoms with Crippen LogP contribution in [0.5, 0.6) is 0 Å². The molecule has 1 saturated heterocycles. The number of hydrogen-bond acceptors (Lipinski definition) is 9. The first-order valence-corrected chi connectivity index (χ1v) is 18.1. The molecule has 1 heterocycles. The molecule has 1 aromatic carbocycles. The van der Waals surface area contributed by atoms with Crippen LogP contribution in [0.4, 0.5) is 0 Å². The summed E-state index contributed by atoms with van der Waals surface area (Å²) in [5.74, 6) is 0.630. The Bertz CT molecular complexity index is 965. The first-order chi connectivity index (χ1) is 24.3. The number of aldehydes is 1. The number of likely N-dealkylation sites (N-methyl/N-ethyl adjacent to an activating group) is 1. The fraction of sp³-hybridized carbons (Fsp3) is 0.718. The van der Waals surface area contributed by atoms with E-state index in [2.05, 4.69) is 89.6 Å². The molecule has 12 nitrogen and oxygen atoms in total. The van der Waals surface area contributed by atoms with Crippen molar-refractivity contribution in [1.82, 2.24) is 20.4 Å². The minimum absolute atomic E-state index is 0. The number of carbonyl (C=O) groups is 4. The van der Waals surface area contributed by atoms with Gasteiger partial charge in [-0.2, -0.15) is 6.41 Å². The Labute approximate surface area is 310 Å². The number of benzene rings is 1. The summed E-state index contributed by atoms with van der Waals surface area (Å²) in [6.45, 7) is 19.9. The molecule has 0 spiro atoms. The van der Waals surface area contributed by atoms with Gasteiger partial charge in [0, 0.05) is 33.4 Å². The Hall–Kier alpha value is -4.35. The smallest absolute Gasteiger partial charge is 0.325 e. The van der Waals surface area contributed by atoms with Crippen LogP contribution in [0.1, 0.15) is 93.1 Å². The molecule has 1 aliphatic heterocycles. The maximum absolute atomic E-state index is 13.1. The molecule has 0 saturated carbocycles. The van der Waals surface area contributed by atoms with Crippen molar-refractivity contribution < 1.29 is 38.2 Å². The number of nitrogens with zero attached hydrogens (tertiary/aromatic N) is 2. The third kappa shape index (κ3) is 28.4. The van der Waals surface area contributed by atoms with Gasteiger partial charge in [0.25, 0.3) is 0 Å². The van der Waals surface area contributed by atoms with Crippen molar-refractivity contribution >= 4 is 31.0 Å². The molecule has 2 N–H and O–H groups in total. The number of amides is 3. The van der Waals surface area contributed by atoms with Crippen molar-refractivity contribution in [2.75, 3.05) is 55.1 Å². The Morgan fingerprint density at radius 3 is 1.90 bits per heavy atom. The summed E-state index contributed by atoms with van der Waals surface area (Å²) < 4.78 is 15.7. The molecule has 1 aromatic rings. The Kier molecular flexibility index (Phi) is 43.2. The van der Waals surface area contributed by atoms with E-state index in [1.165, 1.54) is 25.5 Å². The van der Waals surface area contributed by atoms with E-state index in [-0.39, 0.29) is 43.3 Å². The summed E-state index contributed by atoms with van der Waals surface area (Å²) in [6, 6.07) is 10.7. The molecule has 5 atom stereocenters. The van der Waals surface area contributed by atoms with Crippen LogP contribution >= 0.6 is 0 Å². The van der Waals surface area contributed by atoms with Crippen LogP contribution in [0.2, 0.25) is 0 Å². The van der Waals surface area contributed by atoms with Gasteiger partial charge in [0.2, 0.25) is 12.3 Å². The fourth-order valence-corrected chi connectivity index (χ4v) is 5.21. The van der Waals surface area contributed by atoms with Gasteiger partial charge >= 0.3 is 5.97 Å². The van der Waals surface area contributed by atoms with Gasteiger partial charge in [-0.05, 0) is 45.7 Å². The van der Waals surface area contributed by atoms with Gasteiger partial charge in [-0.25, -0.2) is 0 Å². The monoisotopic (exact) mass is 983 g/mol. The van der Waals surface area contributed by atoms with Crippen LogP contribution in [0, 0.1) is 18.8 Å². The zero-order valence-corrected chi connectivity index (χ0v) is 37.0. The van der Waals surface area contributed by atoms with E-state index in [0.717, 1.165) is 25.8 Å². The molecule has 3 amide bonds. The van der Waals surface area contributed by atoms with Crippen LogP contribution in [0.15, 0.2) is 30.3 Å². The quantitative estimate of drug-likeness (QED) is 0.0751. The van der Waals surface area contributed by atoms with Crippen LogP contribution in [-0.4, -0.2) is 120 Å². The standard InChI is InChI=1S/C20H40N2O3.C7H8.C4H7NO3.C3H4NO2.C3H8.C2H6.Fm/c1-9-15(4)19(21(5)6)17(24-7)13-18(23)22-12-10-11-16(22)20(25-8)14(2)3;1-7-5-3-2-4-6-7;1-8-4(7)2-5-3-6;5-2-1-4-3-6;1-3-2;1-2;/h14-17,19-20H,9-13H2,1-8H3;2-6H,1H3;3H,2H2,1H3,(H,5,6);2H,1H2,(H,4,6);3H2,1-2H3;1-2H3;/q;;;-1;;;. The molecule has 1 fully saturated rings. The third-order valence-corrected chi connectivity index (χ3v) is 7.57. The summed E-state index contributed by atoms with van der Waals surface area (Å²) in [7, 11) is 8.89. The van der Waals surface area contributed by atoms with Crippen molar-refractivity contribution in [1.29, 1.82) is 0 Å². The molecule has 2 rings (SSSR count). The van der Waals surface area contributed by atoms with Crippen LogP contribution in [0.25, 0.3) is 0 Å². The first-order valence-electron chi connectivity index (χ1n) is 18.1. The Morgan fingerprint density at radius 2 is 1.58 bits per heavy atom. The molecule has 0 aromatic heterocycles. The summed E-state index contributed by atoms with van der Waals surface area (Å²) in [5, 5.41) is 4.17. The fourth-order valence-electron chi connectivity index (χ4n) is 5.21. The van der Waals surface area contributed by atoms with Crippen LogP contribution in [0.3, 0.4) is 0 Å². The van der Waals surface area contributed by atoms with Crippen molar-refractivity contribution in [3.05, 3.63) is 35.9 Å². The number of esters is 1. The van der Waals surface area contributed by atoms with E-state index in [1.54, 1.807) is 14.2 Å². The van der Waals surface area contributed by atoms with Gasteiger partial charge in [-0.15, -0.1) is 0 Å². The van der Waals surface area contributed by atoms with Crippen molar-refractivity contribution in [2.45, 2.75) is 119 Å². The summed E-state index contributed by atoms with van der Waals surface area (Å²) in [4.78, 5) is 55.4. The maximum Gasteiger partial charge on any atom is 0.325 e. The second-order valence-electron chi connectivity index (χ2n) is 12.1. The molecule has 5 unspecified atom stereocenters. The molecule has 52 heavy (non-hydrogen) atoms. The summed E-state index contributed by atoms with van der Waals surface area (Å²) in [6.07, 6.45) is 7.24. The second-order valence-corrected chi connectivity index (χ2v) is 12.1. The predicted octanol–water partition coefficient (Wildman–Crippen LogP) is 5.21. The minimum atomic E-state index is -0.447. The number of nitrogens with one attached hydrogen (secondary N) is 2. The third-order valence-electron chi connectivity index (χ3n) is 7.57. The number of rotatable bonds is 16. The van der Waals surface area contributed by atoms with Gasteiger partial charge in [0.15, 0.2) is 0 Å². The van der Waals surface area contributed by atoms with Crippen molar-refractivity contribution in [2.24, 2.45) is 11.8 Å². The van der Waals surface area contributed by atoms with Crippen molar-refractivity contribution in [3.8, 4) is 0 Å².